The molecular formula is C50H86O10. The van der Waals surface area contributed by atoms with Crippen molar-refractivity contribution in [2.75, 3.05) is 19.8 Å². The Labute approximate surface area is 364 Å². The molecule has 0 bridgehead atoms. The molecule has 0 saturated carbocycles. The predicted octanol–water partition coefficient (Wildman–Crippen LogP) is 10.6. The van der Waals surface area contributed by atoms with Crippen molar-refractivity contribution in [1.29, 1.82) is 0 Å². The molecule has 6 unspecified atom stereocenters. The predicted molar refractivity (Wildman–Crippen MR) is 242 cm³/mol. The van der Waals surface area contributed by atoms with Crippen LogP contribution in [0, 0.1) is 0 Å². The van der Waals surface area contributed by atoms with Crippen LogP contribution in [0.2, 0.25) is 0 Å². The van der Waals surface area contributed by atoms with Crippen LogP contribution in [0.3, 0.4) is 0 Å². The molecule has 1 aliphatic rings. The van der Waals surface area contributed by atoms with E-state index in [9.17, 15) is 30.0 Å². The number of carbonyl (C=O) groups excluding carboxylic acids is 2. The summed E-state index contributed by atoms with van der Waals surface area (Å²) in [6.45, 7) is 3.28. The van der Waals surface area contributed by atoms with E-state index in [-0.39, 0.29) is 32.0 Å². The number of hydrogen-bond donors (Lipinski definition) is 4. The highest BCUT2D eigenvalue weighted by Gasteiger charge is 2.44. The quantitative estimate of drug-likeness (QED) is 0.0267. The van der Waals surface area contributed by atoms with Crippen LogP contribution in [0.1, 0.15) is 187 Å². The molecular weight excluding hydrogens is 761 g/mol. The van der Waals surface area contributed by atoms with Gasteiger partial charge in [-0.1, -0.05) is 158 Å². The third kappa shape index (κ3) is 31.3. The number of aliphatic hydroxyl groups is 4. The fourth-order valence-electron chi connectivity index (χ4n) is 6.88. The average molecular weight is 847 g/mol. The molecule has 1 rings (SSSR count). The summed E-state index contributed by atoms with van der Waals surface area (Å²) in [7, 11) is 0. The van der Waals surface area contributed by atoms with Crippen LogP contribution in [0.5, 0.6) is 0 Å². The molecule has 0 amide bonds. The lowest BCUT2D eigenvalue weighted by Crippen LogP contribution is -2.59. The van der Waals surface area contributed by atoms with Crippen molar-refractivity contribution in [2.45, 2.75) is 224 Å². The van der Waals surface area contributed by atoms with Gasteiger partial charge in [0.2, 0.25) is 0 Å². The van der Waals surface area contributed by atoms with Gasteiger partial charge in [-0.05, 0) is 77.0 Å². The van der Waals surface area contributed by atoms with Crippen LogP contribution < -0.4 is 0 Å². The van der Waals surface area contributed by atoms with E-state index in [1.54, 1.807) is 0 Å². The van der Waals surface area contributed by atoms with Crippen LogP contribution in [0.4, 0.5) is 0 Å². The van der Waals surface area contributed by atoms with E-state index in [1.807, 2.05) is 0 Å². The molecule has 60 heavy (non-hydrogen) atoms. The summed E-state index contributed by atoms with van der Waals surface area (Å²) in [4.78, 5) is 25.4. The minimum atomic E-state index is -1.60. The summed E-state index contributed by atoms with van der Waals surface area (Å²) in [6.07, 6.45) is 42.2. The molecule has 1 saturated heterocycles. The number of aliphatic hydroxyl groups excluding tert-OH is 4. The molecule has 0 radical (unpaired) electrons. The molecule has 0 aromatic heterocycles. The number of unbranched alkanes of at least 4 members (excludes halogenated alkanes) is 18. The third-order valence-corrected chi connectivity index (χ3v) is 10.6. The molecule has 0 aliphatic carbocycles. The lowest BCUT2D eigenvalue weighted by atomic mass is 9.99. The molecule has 10 nitrogen and oxygen atoms in total. The zero-order valence-electron chi connectivity index (χ0n) is 37.7. The van der Waals surface area contributed by atoms with E-state index in [4.69, 9.17) is 18.9 Å². The number of carbonyl (C=O) groups is 2. The number of rotatable bonds is 39. The maximum Gasteiger partial charge on any atom is 0.306 e. The molecule has 1 fully saturated rings. The van der Waals surface area contributed by atoms with Gasteiger partial charge in [0.05, 0.1) is 13.2 Å². The maximum atomic E-state index is 12.8. The zero-order valence-corrected chi connectivity index (χ0v) is 37.7. The van der Waals surface area contributed by atoms with Gasteiger partial charge >= 0.3 is 11.9 Å². The second kappa shape index (κ2) is 40.5. The van der Waals surface area contributed by atoms with Crippen molar-refractivity contribution < 1.29 is 49.0 Å². The minimum absolute atomic E-state index is 0.199. The van der Waals surface area contributed by atoms with Gasteiger partial charge in [0, 0.05) is 12.8 Å². The second-order valence-corrected chi connectivity index (χ2v) is 16.2. The Kier molecular flexibility index (Phi) is 37.4. The Morgan fingerprint density at radius 2 is 0.983 bits per heavy atom. The number of ether oxygens (including phenoxy) is 4. The number of allylic oxidation sites excluding steroid dienone is 10. The van der Waals surface area contributed by atoms with Crippen LogP contribution in [-0.2, 0) is 28.5 Å². The van der Waals surface area contributed by atoms with E-state index in [0.717, 1.165) is 77.0 Å². The summed E-state index contributed by atoms with van der Waals surface area (Å²) < 4.78 is 22.2. The summed E-state index contributed by atoms with van der Waals surface area (Å²) in [5, 5.41) is 40.1. The van der Waals surface area contributed by atoms with Crippen molar-refractivity contribution >= 4 is 11.9 Å². The average Bonchev–Trinajstić information content (AvgIpc) is 3.25. The van der Waals surface area contributed by atoms with Gasteiger partial charge < -0.3 is 39.4 Å². The lowest BCUT2D eigenvalue weighted by Gasteiger charge is -2.39. The smallest absolute Gasteiger partial charge is 0.306 e. The molecule has 0 aromatic rings. The Morgan fingerprint density at radius 3 is 1.50 bits per heavy atom. The van der Waals surface area contributed by atoms with Gasteiger partial charge in [0.25, 0.3) is 0 Å². The maximum absolute atomic E-state index is 12.8. The Bertz CT molecular complexity index is 1160. The van der Waals surface area contributed by atoms with E-state index in [1.165, 1.54) is 70.6 Å². The van der Waals surface area contributed by atoms with Crippen LogP contribution >= 0.6 is 0 Å². The van der Waals surface area contributed by atoms with Crippen molar-refractivity contribution in [3.05, 3.63) is 60.8 Å². The SMILES string of the molecule is CC/C=C\C/C=C\C/C=C\C/C=C\CCCCCCC(=O)OC(COC(=O)CCCCCCCCC/C=C\CCCCCCCCC)COC1OC(CO)C(O)C(O)C1O. The van der Waals surface area contributed by atoms with Crippen molar-refractivity contribution in [3.63, 3.8) is 0 Å². The van der Waals surface area contributed by atoms with E-state index < -0.39 is 49.4 Å². The second-order valence-electron chi connectivity index (χ2n) is 16.2. The summed E-state index contributed by atoms with van der Waals surface area (Å²) >= 11 is 0. The standard InChI is InChI=1S/C50H86O10/c1-3-5-7-9-11-13-15-17-19-21-23-24-26-28-30-32-34-36-38-45(52)57-41-43(42-58-50-49(56)48(55)47(54)44(40-51)60-50)59-46(53)39-37-35-33-31-29-27-25-22-20-18-16-14-12-10-8-6-4-2/h6,8,12,14,18-21,25,27,43-44,47-51,54-56H,3-5,7,9-11,13,15-17,22-24,26,28-42H2,1-2H3/b8-6-,14-12-,20-18-,21-19-,27-25-. The lowest BCUT2D eigenvalue weighted by molar-refractivity contribution is -0.305. The monoisotopic (exact) mass is 847 g/mol. The van der Waals surface area contributed by atoms with Gasteiger partial charge in [-0.3, -0.25) is 9.59 Å². The summed E-state index contributed by atoms with van der Waals surface area (Å²) in [5.74, 6) is -0.840. The van der Waals surface area contributed by atoms with Crippen molar-refractivity contribution in [1.82, 2.24) is 0 Å². The highest BCUT2D eigenvalue weighted by atomic mass is 16.7. The first-order valence-electron chi connectivity index (χ1n) is 23.9. The first-order chi connectivity index (χ1) is 29.3. The van der Waals surface area contributed by atoms with Crippen molar-refractivity contribution in [2.24, 2.45) is 0 Å². The van der Waals surface area contributed by atoms with Gasteiger partial charge in [-0.15, -0.1) is 0 Å². The molecule has 10 heteroatoms. The first-order valence-corrected chi connectivity index (χ1v) is 23.9. The Morgan fingerprint density at radius 1 is 0.533 bits per heavy atom. The fraction of sp³-hybridized carbons (Fsp3) is 0.760. The van der Waals surface area contributed by atoms with Crippen molar-refractivity contribution in [3.8, 4) is 0 Å². The molecule has 4 N–H and O–H groups in total. The number of esters is 2. The Balaban J connectivity index is 2.32. The normalized spacial score (nSPS) is 20.4. The van der Waals surface area contributed by atoms with Gasteiger partial charge in [-0.2, -0.15) is 0 Å². The van der Waals surface area contributed by atoms with Gasteiger partial charge in [-0.25, -0.2) is 0 Å². The molecule has 0 aromatic carbocycles. The molecule has 0 spiro atoms. The molecule has 6 atom stereocenters. The summed E-state index contributed by atoms with van der Waals surface area (Å²) in [6, 6.07) is 0. The summed E-state index contributed by atoms with van der Waals surface area (Å²) in [5.41, 5.74) is 0. The highest BCUT2D eigenvalue weighted by molar-refractivity contribution is 5.70. The number of hydrogen-bond acceptors (Lipinski definition) is 10. The van der Waals surface area contributed by atoms with Crippen LogP contribution in [0.25, 0.3) is 0 Å². The minimum Gasteiger partial charge on any atom is -0.462 e. The van der Waals surface area contributed by atoms with Gasteiger partial charge in [0.1, 0.15) is 31.0 Å². The fourth-order valence-corrected chi connectivity index (χ4v) is 6.88. The molecule has 1 aliphatic heterocycles. The van der Waals surface area contributed by atoms with Crippen LogP contribution in [-0.4, -0.2) is 89.0 Å². The Hall–Kier alpha value is -2.60. The van der Waals surface area contributed by atoms with E-state index in [0.29, 0.717) is 12.8 Å². The topological polar surface area (TPSA) is 152 Å². The molecule has 346 valence electrons. The van der Waals surface area contributed by atoms with Gasteiger partial charge in [0.15, 0.2) is 12.4 Å². The van der Waals surface area contributed by atoms with E-state index >= 15 is 0 Å². The zero-order chi connectivity index (χ0) is 43.7. The highest BCUT2D eigenvalue weighted by Crippen LogP contribution is 2.22. The molecule has 1 heterocycles. The van der Waals surface area contributed by atoms with Crippen LogP contribution in [0.15, 0.2) is 60.8 Å². The van der Waals surface area contributed by atoms with E-state index in [2.05, 4.69) is 74.6 Å². The first kappa shape index (κ1) is 55.4. The largest absolute Gasteiger partial charge is 0.462 e. The third-order valence-electron chi connectivity index (χ3n) is 10.6.